The van der Waals surface area contributed by atoms with Crippen molar-refractivity contribution in [3.05, 3.63) is 94.9 Å². The van der Waals surface area contributed by atoms with Gasteiger partial charge in [-0.3, -0.25) is 14.6 Å². The van der Waals surface area contributed by atoms with Gasteiger partial charge in [-0.15, -0.1) is 0 Å². The molecule has 2 aromatic heterocycles. The summed E-state index contributed by atoms with van der Waals surface area (Å²) >= 11 is 0. The molecule has 32 heavy (non-hydrogen) atoms. The second-order valence-corrected chi connectivity index (χ2v) is 7.55. The maximum absolute atomic E-state index is 14.1. The molecule has 160 valence electrons. The molecule has 1 aliphatic heterocycles. The summed E-state index contributed by atoms with van der Waals surface area (Å²) in [6.07, 6.45) is 3.14. The van der Waals surface area contributed by atoms with Gasteiger partial charge in [-0.05, 0) is 30.3 Å². The second kappa shape index (κ2) is 8.22. The molecule has 0 bridgehead atoms. The monoisotopic (exact) mass is 429 g/mol. The van der Waals surface area contributed by atoms with Crippen LogP contribution in [0.25, 0.3) is 16.5 Å². The van der Waals surface area contributed by atoms with Gasteiger partial charge < -0.3 is 9.80 Å². The number of hydrogen-bond donors (Lipinski definition) is 0. The molecule has 1 amide bonds. The highest BCUT2D eigenvalue weighted by atomic mass is 19.1. The fourth-order valence-corrected chi connectivity index (χ4v) is 4.02. The zero-order valence-electron chi connectivity index (χ0n) is 17.2. The first-order chi connectivity index (χ1) is 15.6. The van der Waals surface area contributed by atoms with E-state index in [1.54, 1.807) is 71.9 Å². The van der Waals surface area contributed by atoms with E-state index in [2.05, 4.69) is 10.1 Å². The largest absolute Gasteiger partial charge is 0.366 e. The van der Waals surface area contributed by atoms with E-state index in [9.17, 15) is 14.0 Å². The lowest BCUT2D eigenvalue weighted by molar-refractivity contribution is 0.0741. The quantitative estimate of drug-likeness (QED) is 0.501. The van der Waals surface area contributed by atoms with Crippen molar-refractivity contribution in [2.75, 3.05) is 31.1 Å². The van der Waals surface area contributed by atoms with Crippen LogP contribution >= 0.6 is 0 Å². The lowest BCUT2D eigenvalue weighted by Gasteiger charge is -2.36. The normalized spacial score (nSPS) is 14.0. The first-order valence-electron chi connectivity index (χ1n) is 10.3. The van der Waals surface area contributed by atoms with Crippen LogP contribution in [0.2, 0.25) is 0 Å². The van der Waals surface area contributed by atoms with Crippen LogP contribution in [0, 0.1) is 5.82 Å². The fraction of sp³-hybridized carbons (Fsp3) is 0.167. The van der Waals surface area contributed by atoms with E-state index in [0.717, 1.165) is 0 Å². The summed E-state index contributed by atoms with van der Waals surface area (Å²) in [4.78, 5) is 34.1. The van der Waals surface area contributed by atoms with Crippen molar-refractivity contribution < 1.29 is 9.18 Å². The van der Waals surface area contributed by atoms with Gasteiger partial charge in [0.2, 0.25) is 0 Å². The second-order valence-electron chi connectivity index (χ2n) is 7.55. The molecule has 4 aromatic rings. The molecule has 0 radical (unpaired) electrons. The number of piperazine rings is 1. The first kappa shape index (κ1) is 19.9. The number of pyridine rings is 1. The minimum absolute atomic E-state index is 0.219. The lowest BCUT2D eigenvalue weighted by Crippen LogP contribution is -2.49. The number of carbonyl (C=O) groups excluding carboxylic acids is 1. The molecule has 1 aliphatic rings. The summed E-state index contributed by atoms with van der Waals surface area (Å²) in [5.41, 5.74) is 0.993. The minimum atomic E-state index is -0.298. The average molecular weight is 429 g/mol. The highest BCUT2D eigenvalue weighted by molar-refractivity contribution is 6.05. The minimum Gasteiger partial charge on any atom is -0.366 e. The third kappa shape index (κ3) is 3.49. The number of rotatable bonds is 3. The van der Waals surface area contributed by atoms with Gasteiger partial charge in [-0.2, -0.15) is 9.78 Å². The molecular formula is C24H20FN5O2. The highest BCUT2D eigenvalue weighted by Crippen LogP contribution is 2.22. The van der Waals surface area contributed by atoms with Gasteiger partial charge in [-0.25, -0.2) is 4.39 Å². The van der Waals surface area contributed by atoms with Gasteiger partial charge >= 0.3 is 0 Å². The Bertz CT molecular complexity index is 1350. The molecule has 0 N–H and O–H groups in total. The number of benzene rings is 2. The number of anilines is 1. The van der Waals surface area contributed by atoms with Crippen molar-refractivity contribution >= 4 is 22.4 Å². The fourth-order valence-electron chi connectivity index (χ4n) is 4.02. The molecule has 5 rings (SSSR count). The van der Waals surface area contributed by atoms with E-state index < -0.39 is 0 Å². The standard InChI is InChI=1S/C24H20FN5O2/c25-20-7-3-4-8-21(20)28-13-15-29(16-14-28)24(32)22-18-5-1-2-6-19(18)23(31)30(27-22)17-9-11-26-12-10-17/h1-12H,13-16H2. The highest BCUT2D eigenvalue weighted by Gasteiger charge is 2.27. The number of nitrogens with zero attached hydrogens (tertiary/aromatic N) is 5. The van der Waals surface area contributed by atoms with Crippen LogP contribution in [0.3, 0.4) is 0 Å². The van der Waals surface area contributed by atoms with Gasteiger partial charge in [-0.1, -0.05) is 30.3 Å². The predicted molar refractivity (Wildman–Crippen MR) is 120 cm³/mol. The zero-order valence-corrected chi connectivity index (χ0v) is 17.2. The average Bonchev–Trinajstić information content (AvgIpc) is 2.85. The number of para-hydroxylation sites is 1. The molecule has 8 heteroatoms. The summed E-state index contributed by atoms with van der Waals surface area (Å²) in [6, 6.07) is 17.0. The van der Waals surface area contributed by atoms with Gasteiger partial charge in [0.25, 0.3) is 11.5 Å². The zero-order chi connectivity index (χ0) is 22.1. The van der Waals surface area contributed by atoms with Crippen LogP contribution in [0.15, 0.2) is 77.9 Å². The third-order valence-electron chi connectivity index (χ3n) is 5.67. The summed E-state index contributed by atoms with van der Waals surface area (Å²) < 4.78 is 15.4. The maximum atomic E-state index is 14.1. The molecule has 7 nitrogen and oxygen atoms in total. The Morgan fingerprint density at radius 3 is 2.22 bits per heavy atom. The molecule has 0 aliphatic carbocycles. The van der Waals surface area contributed by atoms with Crippen LogP contribution in [-0.2, 0) is 0 Å². The van der Waals surface area contributed by atoms with E-state index in [4.69, 9.17) is 0 Å². The van der Waals surface area contributed by atoms with E-state index >= 15 is 0 Å². The summed E-state index contributed by atoms with van der Waals surface area (Å²) in [5.74, 6) is -0.526. The van der Waals surface area contributed by atoms with Gasteiger partial charge in [0.15, 0.2) is 5.69 Å². The SMILES string of the molecule is O=C(c1nn(-c2ccncc2)c(=O)c2ccccc12)N1CCN(c2ccccc2F)CC1. The van der Waals surface area contributed by atoms with Crippen molar-refractivity contribution in [3.63, 3.8) is 0 Å². The Kier molecular flexibility index (Phi) is 5.10. The van der Waals surface area contributed by atoms with Crippen molar-refractivity contribution in [1.29, 1.82) is 0 Å². The van der Waals surface area contributed by atoms with Gasteiger partial charge in [0.1, 0.15) is 5.82 Å². The number of halogens is 1. The van der Waals surface area contributed by atoms with Crippen LogP contribution in [-0.4, -0.2) is 51.8 Å². The molecule has 0 atom stereocenters. The topological polar surface area (TPSA) is 71.3 Å². The number of fused-ring (bicyclic) bond motifs is 1. The number of hydrogen-bond acceptors (Lipinski definition) is 5. The first-order valence-corrected chi connectivity index (χ1v) is 10.3. The van der Waals surface area contributed by atoms with Crippen LogP contribution in [0.1, 0.15) is 10.5 Å². The molecule has 0 saturated carbocycles. The van der Waals surface area contributed by atoms with E-state index in [1.165, 1.54) is 10.7 Å². The molecule has 2 aromatic carbocycles. The van der Waals surface area contributed by atoms with Crippen molar-refractivity contribution in [2.24, 2.45) is 0 Å². The van der Waals surface area contributed by atoms with Crippen LogP contribution in [0.5, 0.6) is 0 Å². The number of aromatic nitrogens is 3. The Labute approximate surface area is 183 Å². The van der Waals surface area contributed by atoms with E-state index in [1.807, 2.05) is 4.90 Å². The summed E-state index contributed by atoms with van der Waals surface area (Å²) in [7, 11) is 0. The summed E-state index contributed by atoms with van der Waals surface area (Å²) in [6.45, 7) is 1.87. The lowest BCUT2D eigenvalue weighted by atomic mass is 10.1. The van der Waals surface area contributed by atoms with E-state index in [-0.39, 0.29) is 23.0 Å². The summed E-state index contributed by atoms with van der Waals surface area (Å²) in [5, 5.41) is 5.39. The van der Waals surface area contributed by atoms with Crippen LogP contribution < -0.4 is 10.5 Å². The van der Waals surface area contributed by atoms with Crippen molar-refractivity contribution in [2.45, 2.75) is 0 Å². The molecule has 0 unspecified atom stereocenters. The predicted octanol–water partition coefficient (Wildman–Crippen LogP) is 2.88. The molecular weight excluding hydrogens is 409 g/mol. The smallest absolute Gasteiger partial charge is 0.279 e. The van der Waals surface area contributed by atoms with Gasteiger partial charge in [0.05, 0.1) is 16.8 Å². The Morgan fingerprint density at radius 1 is 0.844 bits per heavy atom. The molecule has 1 saturated heterocycles. The number of carbonyl (C=O) groups is 1. The molecule has 0 spiro atoms. The Hall–Kier alpha value is -4.07. The number of amides is 1. The van der Waals surface area contributed by atoms with Crippen molar-refractivity contribution in [1.82, 2.24) is 19.7 Å². The third-order valence-corrected chi connectivity index (χ3v) is 5.67. The molecule has 3 heterocycles. The van der Waals surface area contributed by atoms with Crippen molar-refractivity contribution in [3.8, 4) is 5.69 Å². The Morgan fingerprint density at radius 2 is 1.50 bits per heavy atom. The van der Waals surface area contributed by atoms with E-state index in [0.29, 0.717) is 48.3 Å². The molecule has 1 fully saturated rings. The van der Waals surface area contributed by atoms with Crippen LogP contribution in [0.4, 0.5) is 10.1 Å². The maximum Gasteiger partial charge on any atom is 0.279 e. The Balaban J connectivity index is 1.48. The van der Waals surface area contributed by atoms with Gasteiger partial charge in [0, 0.05) is 44.0 Å².